The van der Waals surface area contributed by atoms with E-state index in [1.54, 1.807) is 0 Å². The van der Waals surface area contributed by atoms with Crippen LogP contribution in [-0.4, -0.2) is 15.8 Å². The van der Waals surface area contributed by atoms with Crippen molar-refractivity contribution >= 4 is 28.2 Å². The van der Waals surface area contributed by atoms with Gasteiger partial charge >= 0.3 is 0 Å². The summed E-state index contributed by atoms with van der Waals surface area (Å²) >= 11 is 6.00. The van der Waals surface area contributed by atoms with Crippen LogP contribution in [0.3, 0.4) is 0 Å². The first-order chi connectivity index (χ1) is 11.1. The molecule has 1 heterocycles. The lowest BCUT2D eigenvalue weighted by molar-refractivity contribution is 0.615. The van der Waals surface area contributed by atoms with Gasteiger partial charge in [0, 0.05) is 35.7 Å². The van der Waals surface area contributed by atoms with Gasteiger partial charge in [-0.2, -0.15) is 5.10 Å². The van der Waals surface area contributed by atoms with E-state index in [0.29, 0.717) is 6.04 Å². The van der Waals surface area contributed by atoms with Crippen molar-refractivity contribution in [1.29, 1.82) is 0 Å². The predicted molar refractivity (Wildman–Crippen MR) is 98.1 cm³/mol. The molecule has 0 saturated carbocycles. The molecule has 1 unspecified atom stereocenters. The Labute approximate surface area is 142 Å². The molecule has 1 aromatic heterocycles. The number of rotatable bonds is 5. The van der Waals surface area contributed by atoms with E-state index in [9.17, 15) is 0 Å². The summed E-state index contributed by atoms with van der Waals surface area (Å²) in [5.41, 5.74) is 3.65. The van der Waals surface area contributed by atoms with Crippen LogP contribution in [0.25, 0.3) is 10.9 Å². The van der Waals surface area contributed by atoms with E-state index in [0.717, 1.165) is 23.5 Å². The molecule has 2 aromatic carbocycles. The highest BCUT2D eigenvalue weighted by molar-refractivity contribution is 6.30. The minimum Gasteiger partial charge on any atom is -0.364 e. The highest BCUT2D eigenvalue weighted by Crippen LogP contribution is 2.26. The van der Waals surface area contributed by atoms with E-state index >= 15 is 0 Å². The lowest BCUT2D eigenvalue weighted by atomic mass is 10.1. The summed E-state index contributed by atoms with van der Waals surface area (Å²) in [6, 6.07) is 15.1. The molecule has 3 rings (SSSR count). The number of hydrogen-bond donors (Lipinski definition) is 0. The molecule has 0 aliphatic heterocycles. The number of benzene rings is 2. The number of hydrogen-bond acceptors (Lipinski definition) is 2. The molecule has 23 heavy (non-hydrogen) atoms. The first-order valence-electron chi connectivity index (χ1n) is 8.01. The third kappa shape index (κ3) is 3.35. The smallest absolute Gasteiger partial charge is 0.0680 e. The molecule has 0 N–H and O–H groups in total. The van der Waals surface area contributed by atoms with Crippen LogP contribution in [-0.2, 0) is 13.6 Å². The lowest BCUT2D eigenvalue weighted by Crippen LogP contribution is -2.31. The minimum absolute atomic E-state index is 0.458. The van der Waals surface area contributed by atoms with Gasteiger partial charge in [-0.05, 0) is 49.2 Å². The van der Waals surface area contributed by atoms with E-state index in [-0.39, 0.29) is 0 Å². The van der Waals surface area contributed by atoms with Crippen molar-refractivity contribution in [2.45, 2.75) is 32.9 Å². The predicted octanol–water partition coefficient (Wildman–Crippen LogP) is 5.03. The van der Waals surface area contributed by atoms with Crippen LogP contribution in [0.15, 0.2) is 48.7 Å². The van der Waals surface area contributed by atoms with E-state index in [1.807, 2.05) is 30.1 Å². The molecule has 3 nitrogen and oxygen atoms in total. The van der Waals surface area contributed by atoms with Gasteiger partial charge in [0.2, 0.25) is 0 Å². The van der Waals surface area contributed by atoms with Gasteiger partial charge in [0.1, 0.15) is 0 Å². The standard InChI is InChI=1S/C19H22ClN3/c1-4-14(2)23(13-15-5-7-17(20)8-6-15)18-9-10-19-16(11-18)12-21-22(19)3/h5-12,14H,4,13H2,1-3H3. The monoisotopic (exact) mass is 327 g/mol. The Morgan fingerprint density at radius 3 is 2.61 bits per heavy atom. The fourth-order valence-corrected chi connectivity index (χ4v) is 2.96. The summed E-state index contributed by atoms with van der Waals surface area (Å²) in [6.07, 6.45) is 3.02. The van der Waals surface area contributed by atoms with Crippen LogP contribution < -0.4 is 4.90 Å². The number of aromatic nitrogens is 2. The zero-order chi connectivity index (χ0) is 16.4. The summed E-state index contributed by atoms with van der Waals surface area (Å²) < 4.78 is 1.91. The second-order valence-electron chi connectivity index (χ2n) is 6.02. The molecule has 4 heteroatoms. The number of anilines is 1. The van der Waals surface area contributed by atoms with Crippen molar-refractivity contribution < 1.29 is 0 Å². The maximum Gasteiger partial charge on any atom is 0.0680 e. The van der Waals surface area contributed by atoms with Crippen LogP contribution in [0.1, 0.15) is 25.8 Å². The van der Waals surface area contributed by atoms with Gasteiger partial charge in [-0.1, -0.05) is 30.7 Å². The molecule has 1 atom stereocenters. The molecule has 0 radical (unpaired) electrons. The molecule has 0 spiro atoms. The number of fused-ring (bicyclic) bond motifs is 1. The van der Waals surface area contributed by atoms with Gasteiger partial charge in [-0.15, -0.1) is 0 Å². The molecule has 0 saturated heterocycles. The Kier molecular flexibility index (Phi) is 4.58. The van der Waals surface area contributed by atoms with Crippen LogP contribution in [0.2, 0.25) is 5.02 Å². The average molecular weight is 328 g/mol. The second kappa shape index (κ2) is 6.63. The quantitative estimate of drug-likeness (QED) is 0.655. The minimum atomic E-state index is 0.458. The van der Waals surface area contributed by atoms with Crippen LogP contribution in [0.5, 0.6) is 0 Å². The Morgan fingerprint density at radius 1 is 1.17 bits per heavy atom. The van der Waals surface area contributed by atoms with Gasteiger partial charge < -0.3 is 4.90 Å². The van der Waals surface area contributed by atoms with Crippen LogP contribution >= 0.6 is 11.6 Å². The Balaban J connectivity index is 1.94. The van der Waals surface area contributed by atoms with Gasteiger partial charge in [-0.25, -0.2) is 0 Å². The first kappa shape index (κ1) is 15.9. The number of halogens is 1. The topological polar surface area (TPSA) is 21.1 Å². The normalized spacial score (nSPS) is 12.5. The highest BCUT2D eigenvalue weighted by Gasteiger charge is 2.15. The number of nitrogens with zero attached hydrogens (tertiary/aromatic N) is 3. The Morgan fingerprint density at radius 2 is 1.91 bits per heavy atom. The van der Waals surface area contributed by atoms with E-state index < -0.39 is 0 Å². The van der Waals surface area contributed by atoms with E-state index in [4.69, 9.17) is 11.6 Å². The summed E-state index contributed by atoms with van der Waals surface area (Å²) in [5, 5.41) is 6.29. The van der Waals surface area contributed by atoms with Crippen LogP contribution in [0.4, 0.5) is 5.69 Å². The zero-order valence-corrected chi connectivity index (χ0v) is 14.6. The van der Waals surface area contributed by atoms with Crippen molar-refractivity contribution in [3.8, 4) is 0 Å². The first-order valence-corrected chi connectivity index (χ1v) is 8.39. The number of aryl methyl sites for hydroxylation is 1. The molecule has 0 aliphatic rings. The van der Waals surface area contributed by atoms with Gasteiger partial charge in [-0.3, -0.25) is 4.68 Å². The summed E-state index contributed by atoms with van der Waals surface area (Å²) in [4.78, 5) is 2.44. The lowest BCUT2D eigenvalue weighted by Gasteiger charge is -2.31. The molecule has 0 aliphatic carbocycles. The van der Waals surface area contributed by atoms with Gasteiger partial charge in [0.15, 0.2) is 0 Å². The third-order valence-corrected chi connectivity index (χ3v) is 4.70. The average Bonchev–Trinajstić information content (AvgIpc) is 2.94. The third-order valence-electron chi connectivity index (χ3n) is 4.45. The maximum absolute atomic E-state index is 6.00. The molecule has 0 fully saturated rings. The molecule has 0 amide bonds. The van der Waals surface area contributed by atoms with Crippen molar-refractivity contribution in [1.82, 2.24) is 9.78 Å². The molecule has 3 aromatic rings. The Bertz CT molecular complexity index is 792. The van der Waals surface area contributed by atoms with Crippen LogP contribution in [0, 0.1) is 0 Å². The van der Waals surface area contributed by atoms with Crippen molar-refractivity contribution in [3.05, 3.63) is 59.2 Å². The van der Waals surface area contributed by atoms with Gasteiger partial charge in [0.25, 0.3) is 0 Å². The highest BCUT2D eigenvalue weighted by atomic mass is 35.5. The Hall–Kier alpha value is -2.00. The summed E-state index contributed by atoms with van der Waals surface area (Å²) in [5.74, 6) is 0. The zero-order valence-electron chi connectivity index (χ0n) is 13.8. The maximum atomic E-state index is 6.00. The molecule has 0 bridgehead atoms. The summed E-state index contributed by atoms with van der Waals surface area (Å²) in [7, 11) is 1.97. The fourth-order valence-electron chi connectivity index (χ4n) is 2.84. The largest absolute Gasteiger partial charge is 0.364 e. The van der Waals surface area contributed by atoms with Gasteiger partial charge in [0.05, 0.1) is 11.7 Å². The molecular weight excluding hydrogens is 306 g/mol. The van der Waals surface area contributed by atoms with Crippen molar-refractivity contribution in [2.75, 3.05) is 4.90 Å². The molecular formula is C19H22ClN3. The second-order valence-corrected chi connectivity index (χ2v) is 6.46. The van der Waals surface area contributed by atoms with E-state index in [1.165, 1.54) is 16.6 Å². The van der Waals surface area contributed by atoms with Crippen molar-refractivity contribution in [2.24, 2.45) is 7.05 Å². The van der Waals surface area contributed by atoms with Crippen molar-refractivity contribution in [3.63, 3.8) is 0 Å². The summed E-state index contributed by atoms with van der Waals surface area (Å²) in [6.45, 7) is 5.36. The molecule has 120 valence electrons. The SMILES string of the molecule is CCC(C)N(Cc1ccc(Cl)cc1)c1ccc2c(cnn2C)c1. The fraction of sp³-hybridized carbons (Fsp3) is 0.316. The van der Waals surface area contributed by atoms with E-state index in [2.05, 4.69) is 54.2 Å².